The standard InChI is InChI=1S/C19H27ClN2O2/c1-5-15-8-6-7-11-22(15)18(24)19(3,4)17(23)21-14-10-9-13(2)16(20)12-14/h9-10,12,15H,5-8,11H2,1-4H3,(H,21,23). The van der Waals surface area contributed by atoms with Gasteiger partial charge in [-0.1, -0.05) is 24.6 Å². The Kier molecular flexibility index (Phi) is 5.92. The quantitative estimate of drug-likeness (QED) is 0.818. The Morgan fingerprint density at radius 3 is 2.67 bits per heavy atom. The van der Waals surface area contributed by atoms with Crippen LogP contribution in [0.1, 0.15) is 52.0 Å². The molecule has 0 aromatic heterocycles. The van der Waals surface area contributed by atoms with Crippen molar-refractivity contribution in [1.82, 2.24) is 4.90 Å². The number of carbonyl (C=O) groups is 2. The lowest BCUT2D eigenvalue weighted by Crippen LogP contribution is -2.52. The zero-order valence-electron chi connectivity index (χ0n) is 15.0. The van der Waals surface area contributed by atoms with Gasteiger partial charge in [-0.15, -0.1) is 0 Å². The van der Waals surface area contributed by atoms with Crippen molar-refractivity contribution in [1.29, 1.82) is 0 Å². The second kappa shape index (κ2) is 7.56. The molecule has 0 bridgehead atoms. The lowest BCUT2D eigenvalue weighted by atomic mass is 9.87. The second-order valence-corrected chi connectivity index (χ2v) is 7.51. The number of hydrogen-bond donors (Lipinski definition) is 1. The molecule has 2 amide bonds. The molecule has 1 aliphatic heterocycles. The summed E-state index contributed by atoms with van der Waals surface area (Å²) in [6, 6.07) is 5.61. The summed E-state index contributed by atoms with van der Waals surface area (Å²) < 4.78 is 0. The number of halogens is 1. The summed E-state index contributed by atoms with van der Waals surface area (Å²) in [5.74, 6) is -0.391. The number of nitrogens with zero attached hydrogens (tertiary/aromatic N) is 1. The molecule has 2 rings (SSSR count). The van der Waals surface area contributed by atoms with Crippen LogP contribution in [0.4, 0.5) is 5.69 Å². The lowest BCUT2D eigenvalue weighted by molar-refractivity contribution is -0.149. The van der Waals surface area contributed by atoms with Crippen LogP contribution in [-0.2, 0) is 9.59 Å². The van der Waals surface area contributed by atoms with E-state index in [1.165, 1.54) is 0 Å². The number of nitrogens with one attached hydrogen (secondary N) is 1. The zero-order chi connectivity index (χ0) is 17.9. The third-order valence-corrected chi connectivity index (χ3v) is 5.30. The van der Waals surface area contributed by atoms with E-state index in [1.54, 1.807) is 26.0 Å². The van der Waals surface area contributed by atoms with Crippen LogP contribution >= 0.6 is 11.6 Å². The third-order valence-electron chi connectivity index (χ3n) is 4.89. The second-order valence-electron chi connectivity index (χ2n) is 7.10. The van der Waals surface area contributed by atoms with Crippen molar-refractivity contribution in [2.75, 3.05) is 11.9 Å². The maximum Gasteiger partial charge on any atom is 0.239 e. The fraction of sp³-hybridized carbons (Fsp3) is 0.579. The van der Waals surface area contributed by atoms with Crippen LogP contribution in [0, 0.1) is 12.3 Å². The van der Waals surface area contributed by atoms with Crippen LogP contribution in [0.3, 0.4) is 0 Å². The summed E-state index contributed by atoms with van der Waals surface area (Å²) in [6.07, 6.45) is 4.11. The molecule has 0 saturated carbocycles. The van der Waals surface area contributed by atoms with Gasteiger partial charge in [0.25, 0.3) is 0 Å². The molecule has 1 fully saturated rings. The van der Waals surface area contributed by atoms with Gasteiger partial charge in [0.05, 0.1) is 0 Å². The number of likely N-dealkylation sites (tertiary alicyclic amines) is 1. The number of aryl methyl sites for hydroxylation is 1. The predicted molar refractivity (Wildman–Crippen MR) is 98.2 cm³/mol. The minimum absolute atomic E-state index is 0.0928. The van der Waals surface area contributed by atoms with E-state index >= 15 is 0 Å². The number of piperidine rings is 1. The topological polar surface area (TPSA) is 49.4 Å². The molecular weight excluding hydrogens is 324 g/mol. The first kappa shape index (κ1) is 18.8. The average molecular weight is 351 g/mol. The minimum atomic E-state index is -1.11. The van der Waals surface area contributed by atoms with Crippen LogP contribution in [0.25, 0.3) is 0 Å². The maximum absolute atomic E-state index is 13.0. The molecule has 1 aromatic carbocycles. The van der Waals surface area contributed by atoms with Gasteiger partial charge in [-0.25, -0.2) is 0 Å². The summed E-state index contributed by atoms with van der Waals surface area (Å²) in [4.78, 5) is 27.6. The van der Waals surface area contributed by atoms with E-state index in [-0.39, 0.29) is 17.9 Å². The predicted octanol–water partition coefficient (Wildman–Crippen LogP) is 4.40. The molecule has 1 unspecified atom stereocenters. The Balaban J connectivity index is 2.13. The fourth-order valence-corrected chi connectivity index (χ4v) is 3.29. The number of hydrogen-bond acceptors (Lipinski definition) is 2. The van der Waals surface area contributed by atoms with Crippen molar-refractivity contribution < 1.29 is 9.59 Å². The summed E-state index contributed by atoms with van der Waals surface area (Å²) >= 11 is 6.11. The smallest absolute Gasteiger partial charge is 0.239 e. The van der Waals surface area contributed by atoms with E-state index in [0.717, 1.165) is 37.8 Å². The highest BCUT2D eigenvalue weighted by molar-refractivity contribution is 6.31. The Morgan fingerprint density at radius 1 is 1.33 bits per heavy atom. The Labute approximate surface area is 149 Å². The molecule has 4 nitrogen and oxygen atoms in total. The highest BCUT2D eigenvalue weighted by Gasteiger charge is 2.41. The summed E-state index contributed by atoms with van der Waals surface area (Å²) in [6.45, 7) is 8.13. The summed E-state index contributed by atoms with van der Waals surface area (Å²) in [5, 5.41) is 3.43. The van der Waals surface area contributed by atoms with Crippen molar-refractivity contribution in [2.45, 2.75) is 59.4 Å². The molecule has 24 heavy (non-hydrogen) atoms. The van der Waals surface area contributed by atoms with Crippen molar-refractivity contribution >= 4 is 29.1 Å². The number of anilines is 1. The molecule has 5 heteroatoms. The fourth-order valence-electron chi connectivity index (χ4n) is 3.11. The molecule has 1 aliphatic rings. The third kappa shape index (κ3) is 3.92. The number of benzene rings is 1. The van der Waals surface area contributed by atoms with Crippen LogP contribution < -0.4 is 5.32 Å². The SMILES string of the molecule is CCC1CCCCN1C(=O)C(C)(C)C(=O)Nc1ccc(C)c(Cl)c1. The number of rotatable bonds is 4. The van der Waals surface area contributed by atoms with Crippen LogP contribution in [0.2, 0.25) is 5.02 Å². The maximum atomic E-state index is 13.0. The molecule has 0 aliphatic carbocycles. The summed E-state index contributed by atoms with van der Waals surface area (Å²) in [5.41, 5.74) is 0.452. The van der Waals surface area contributed by atoms with E-state index < -0.39 is 5.41 Å². The van der Waals surface area contributed by atoms with Gasteiger partial charge in [0, 0.05) is 23.3 Å². The molecule has 1 N–H and O–H groups in total. The van der Waals surface area contributed by atoms with Gasteiger partial charge in [-0.3, -0.25) is 9.59 Å². The van der Waals surface area contributed by atoms with Crippen molar-refractivity contribution in [3.63, 3.8) is 0 Å². The van der Waals surface area contributed by atoms with Gasteiger partial charge < -0.3 is 10.2 Å². The van der Waals surface area contributed by atoms with Gasteiger partial charge in [0.2, 0.25) is 11.8 Å². The minimum Gasteiger partial charge on any atom is -0.339 e. The normalized spacial score (nSPS) is 18.4. The highest BCUT2D eigenvalue weighted by Crippen LogP contribution is 2.28. The molecule has 0 radical (unpaired) electrons. The van der Waals surface area contributed by atoms with Gasteiger partial charge in [0.15, 0.2) is 0 Å². The Hall–Kier alpha value is -1.55. The molecule has 1 atom stereocenters. The molecule has 1 heterocycles. The van der Waals surface area contributed by atoms with E-state index in [0.29, 0.717) is 10.7 Å². The average Bonchev–Trinajstić information content (AvgIpc) is 2.57. The first-order valence-corrected chi connectivity index (χ1v) is 9.03. The van der Waals surface area contributed by atoms with Crippen LogP contribution in [-0.4, -0.2) is 29.3 Å². The molecule has 132 valence electrons. The first-order chi connectivity index (χ1) is 11.3. The Morgan fingerprint density at radius 2 is 2.04 bits per heavy atom. The van der Waals surface area contributed by atoms with E-state index in [1.807, 2.05) is 17.9 Å². The number of carbonyl (C=O) groups excluding carboxylic acids is 2. The van der Waals surface area contributed by atoms with Gasteiger partial charge in [-0.2, -0.15) is 0 Å². The summed E-state index contributed by atoms with van der Waals surface area (Å²) in [7, 11) is 0. The highest BCUT2D eigenvalue weighted by atomic mass is 35.5. The number of amides is 2. The molecule has 1 saturated heterocycles. The molecule has 0 spiro atoms. The van der Waals surface area contributed by atoms with E-state index in [4.69, 9.17) is 11.6 Å². The Bertz CT molecular complexity index is 628. The van der Waals surface area contributed by atoms with Crippen molar-refractivity contribution in [3.8, 4) is 0 Å². The largest absolute Gasteiger partial charge is 0.339 e. The molecular formula is C19H27ClN2O2. The van der Waals surface area contributed by atoms with E-state index in [2.05, 4.69) is 12.2 Å². The van der Waals surface area contributed by atoms with Gasteiger partial charge in [0.1, 0.15) is 5.41 Å². The van der Waals surface area contributed by atoms with E-state index in [9.17, 15) is 9.59 Å². The van der Waals surface area contributed by atoms with Gasteiger partial charge >= 0.3 is 0 Å². The zero-order valence-corrected chi connectivity index (χ0v) is 15.7. The van der Waals surface area contributed by atoms with Gasteiger partial charge in [-0.05, 0) is 64.2 Å². The first-order valence-electron chi connectivity index (χ1n) is 8.66. The van der Waals surface area contributed by atoms with Crippen LogP contribution in [0.15, 0.2) is 18.2 Å². The van der Waals surface area contributed by atoms with Crippen molar-refractivity contribution in [3.05, 3.63) is 28.8 Å². The lowest BCUT2D eigenvalue weighted by Gasteiger charge is -2.39. The van der Waals surface area contributed by atoms with Crippen molar-refractivity contribution in [2.24, 2.45) is 5.41 Å². The van der Waals surface area contributed by atoms with Crippen LogP contribution in [0.5, 0.6) is 0 Å². The monoisotopic (exact) mass is 350 g/mol. The molecule has 1 aromatic rings.